The van der Waals surface area contributed by atoms with Gasteiger partial charge in [-0.3, -0.25) is 0 Å². The second kappa shape index (κ2) is 5.72. The van der Waals surface area contributed by atoms with Gasteiger partial charge < -0.3 is 15.4 Å². The van der Waals surface area contributed by atoms with E-state index in [2.05, 4.69) is 49.9 Å². The predicted octanol–water partition coefficient (Wildman–Crippen LogP) is 2.19. The molecule has 100 valence electrons. The van der Waals surface area contributed by atoms with E-state index in [4.69, 9.17) is 10.5 Å². The van der Waals surface area contributed by atoms with Crippen LogP contribution in [0.3, 0.4) is 0 Å². The molecule has 3 atom stereocenters. The Hall–Kier alpha value is -1.06. The van der Waals surface area contributed by atoms with E-state index in [1.54, 1.807) is 0 Å². The third kappa shape index (κ3) is 3.24. The van der Waals surface area contributed by atoms with Crippen LogP contribution in [0.5, 0.6) is 0 Å². The first-order chi connectivity index (χ1) is 8.56. The number of rotatable bonds is 3. The molecule has 1 saturated heterocycles. The van der Waals surface area contributed by atoms with Crippen molar-refractivity contribution < 1.29 is 4.74 Å². The van der Waals surface area contributed by atoms with Gasteiger partial charge in [-0.2, -0.15) is 0 Å². The normalized spacial score (nSPS) is 26.1. The third-order valence-electron chi connectivity index (χ3n) is 3.29. The minimum atomic E-state index is 0.196. The SMILES string of the molecule is CC(N)Cc1ccccc1N1CC(C)OC(C)C1. The van der Waals surface area contributed by atoms with Crippen molar-refractivity contribution in [1.82, 2.24) is 0 Å². The van der Waals surface area contributed by atoms with Gasteiger partial charge in [0.05, 0.1) is 12.2 Å². The Morgan fingerprint density at radius 1 is 1.28 bits per heavy atom. The summed E-state index contributed by atoms with van der Waals surface area (Å²) >= 11 is 0. The van der Waals surface area contributed by atoms with Crippen LogP contribution in [0.4, 0.5) is 5.69 Å². The number of anilines is 1. The third-order valence-corrected chi connectivity index (χ3v) is 3.29. The molecule has 3 unspecified atom stereocenters. The van der Waals surface area contributed by atoms with E-state index in [1.165, 1.54) is 11.3 Å². The topological polar surface area (TPSA) is 38.5 Å². The maximum atomic E-state index is 5.93. The number of hydrogen-bond acceptors (Lipinski definition) is 3. The molecule has 18 heavy (non-hydrogen) atoms. The molecule has 2 N–H and O–H groups in total. The molecule has 0 saturated carbocycles. The van der Waals surface area contributed by atoms with Crippen LogP contribution in [0, 0.1) is 0 Å². The Kier molecular flexibility index (Phi) is 4.25. The first kappa shape index (κ1) is 13.4. The molecule has 1 aromatic carbocycles. The minimum absolute atomic E-state index is 0.196. The highest BCUT2D eigenvalue weighted by atomic mass is 16.5. The molecule has 1 fully saturated rings. The Morgan fingerprint density at radius 2 is 1.89 bits per heavy atom. The number of hydrogen-bond donors (Lipinski definition) is 1. The lowest BCUT2D eigenvalue weighted by atomic mass is 10.0. The van der Waals surface area contributed by atoms with Gasteiger partial charge in [-0.1, -0.05) is 18.2 Å². The molecule has 2 rings (SSSR count). The maximum absolute atomic E-state index is 5.93. The quantitative estimate of drug-likeness (QED) is 0.891. The van der Waals surface area contributed by atoms with E-state index in [1.807, 2.05) is 0 Å². The van der Waals surface area contributed by atoms with Gasteiger partial charge in [0.1, 0.15) is 0 Å². The summed E-state index contributed by atoms with van der Waals surface area (Å²) in [5.74, 6) is 0. The van der Waals surface area contributed by atoms with E-state index >= 15 is 0 Å². The van der Waals surface area contributed by atoms with Crippen LogP contribution in [-0.2, 0) is 11.2 Å². The molecule has 1 aliphatic heterocycles. The van der Waals surface area contributed by atoms with Gasteiger partial charge in [-0.25, -0.2) is 0 Å². The molecule has 3 heteroatoms. The second-order valence-electron chi connectivity index (χ2n) is 5.47. The van der Waals surface area contributed by atoms with E-state index in [0.29, 0.717) is 0 Å². The standard InChI is InChI=1S/C15H24N2O/c1-11(16)8-14-6-4-5-7-15(14)17-9-12(2)18-13(3)10-17/h4-7,11-13H,8-10,16H2,1-3H3. The van der Waals surface area contributed by atoms with Gasteiger partial charge in [-0.05, 0) is 38.8 Å². The predicted molar refractivity (Wildman–Crippen MR) is 76.0 cm³/mol. The number of nitrogens with zero attached hydrogens (tertiary/aromatic N) is 1. The molecule has 0 aliphatic carbocycles. The van der Waals surface area contributed by atoms with Crippen LogP contribution in [-0.4, -0.2) is 31.3 Å². The molecule has 0 aromatic heterocycles. The molecule has 1 aliphatic rings. The van der Waals surface area contributed by atoms with Gasteiger partial charge in [0, 0.05) is 24.8 Å². The zero-order valence-electron chi connectivity index (χ0n) is 11.6. The van der Waals surface area contributed by atoms with Crippen LogP contribution in [0.15, 0.2) is 24.3 Å². The summed E-state index contributed by atoms with van der Waals surface area (Å²) in [6.45, 7) is 8.25. The molecule has 1 aromatic rings. The van der Waals surface area contributed by atoms with Gasteiger partial charge in [0.25, 0.3) is 0 Å². The lowest BCUT2D eigenvalue weighted by Gasteiger charge is -2.38. The molecule has 0 radical (unpaired) electrons. The summed E-state index contributed by atoms with van der Waals surface area (Å²) < 4.78 is 5.79. The van der Waals surface area contributed by atoms with Crippen molar-refractivity contribution in [3.63, 3.8) is 0 Å². The van der Waals surface area contributed by atoms with Crippen molar-refractivity contribution in [2.75, 3.05) is 18.0 Å². The zero-order chi connectivity index (χ0) is 13.1. The van der Waals surface area contributed by atoms with Crippen molar-refractivity contribution >= 4 is 5.69 Å². The van der Waals surface area contributed by atoms with Crippen molar-refractivity contribution in [3.05, 3.63) is 29.8 Å². The number of para-hydroxylation sites is 1. The zero-order valence-corrected chi connectivity index (χ0v) is 11.6. The van der Waals surface area contributed by atoms with E-state index < -0.39 is 0 Å². The second-order valence-corrected chi connectivity index (χ2v) is 5.47. The summed E-state index contributed by atoms with van der Waals surface area (Å²) in [6, 6.07) is 8.77. The highest BCUT2D eigenvalue weighted by Crippen LogP contribution is 2.25. The fourth-order valence-corrected chi connectivity index (χ4v) is 2.71. The lowest BCUT2D eigenvalue weighted by Crippen LogP contribution is -2.46. The van der Waals surface area contributed by atoms with Crippen LogP contribution >= 0.6 is 0 Å². The van der Waals surface area contributed by atoms with E-state index in [-0.39, 0.29) is 18.2 Å². The molecule has 0 spiro atoms. The summed E-state index contributed by atoms with van der Waals surface area (Å²) in [6.07, 6.45) is 1.50. The molecular formula is C15H24N2O. The average molecular weight is 248 g/mol. The monoisotopic (exact) mass is 248 g/mol. The van der Waals surface area contributed by atoms with Gasteiger partial charge in [0.2, 0.25) is 0 Å². The van der Waals surface area contributed by atoms with Crippen LogP contribution in [0.1, 0.15) is 26.3 Å². The number of ether oxygens (including phenoxy) is 1. The average Bonchev–Trinajstić information content (AvgIpc) is 2.27. The summed E-state index contributed by atoms with van der Waals surface area (Å²) in [4.78, 5) is 2.43. The largest absolute Gasteiger partial charge is 0.372 e. The highest BCUT2D eigenvalue weighted by Gasteiger charge is 2.23. The Balaban J connectivity index is 2.21. The summed E-state index contributed by atoms with van der Waals surface area (Å²) in [5, 5.41) is 0. The van der Waals surface area contributed by atoms with Crippen molar-refractivity contribution in [1.29, 1.82) is 0 Å². The van der Waals surface area contributed by atoms with Crippen LogP contribution in [0.25, 0.3) is 0 Å². The number of benzene rings is 1. The Morgan fingerprint density at radius 3 is 2.50 bits per heavy atom. The summed E-state index contributed by atoms with van der Waals surface area (Å²) in [5.41, 5.74) is 8.59. The molecular weight excluding hydrogens is 224 g/mol. The lowest BCUT2D eigenvalue weighted by molar-refractivity contribution is -0.00526. The van der Waals surface area contributed by atoms with Crippen molar-refractivity contribution in [2.24, 2.45) is 5.73 Å². The highest BCUT2D eigenvalue weighted by molar-refractivity contribution is 5.54. The smallest absolute Gasteiger partial charge is 0.0726 e. The van der Waals surface area contributed by atoms with Gasteiger partial charge in [0.15, 0.2) is 0 Å². The fraction of sp³-hybridized carbons (Fsp3) is 0.600. The molecule has 1 heterocycles. The summed E-state index contributed by atoms with van der Waals surface area (Å²) in [7, 11) is 0. The first-order valence-corrected chi connectivity index (χ1v) is 6.80. The Labute approximate surface area is 110 Å². The van der Waals surface area contributed by atoms with Crippen LogP contribution in [0.2, 0.25) is 0 Å². The van der Waals surface area contributed by atoms with Crippen LogP contribution < -0.4 is 10.6 Å². The molecule has 3 nitrogen and oxygen atoms in total. The van der Waals surface area contributed by atoms with Gasteiger partial charge in [-0.15, -0.1) is 0 Å². The Bertz CT molecular complexity index is 382. The maximum Gasteiger partial charge on any atom is 0.0726 e. The van der Waals surface area contributed by atoms with Crippen molar-refractivity contribution in [3.8, 4) is 0 Å². The van der Waals surface area contributed by atoms with E-state index in [9.17, 15) is 0 Å². The molecule has 0 bridgehead atoms. The molecule has 0 amide bonds. The van der Waals surface area contributed by atoms with E-state index in [0.717, 1.165) is 19.5 Å². The minimum Gasteiger partial charge on any atom is -0.372 e. The van der Waals surface area contributed by atoms with Gasteiger partial charge >= 0.3 is 0 Å². The number of nitrogens with two attached hydrogens (primary N) is 1. The first-order valence-electron chi connectivity index (χ1n) is 6.80. The fourth-order valence-electron chi connectivity index (χ4n) is 2.71. The number of morpholine rings is 1. The van der Waals surface area contributed by atoms with Crippen molar-refractivity contribution in [2.45, 2.75) is 45.4 Å².